The van der Waals surface area contributed by atoms with Gasteiger partial charge in [-0.3, -0.25) is 4.79 Å². The van der Waals surface area contributed by atoms with Gasteiger partial charge in [-0.25, -0.2) is 13.1 Å². The van der Waals surface area contributed by atoms with Crippen LogP contribution >= 0.6 is 0 Å². The summed E-state index contributed by atoms with van der Waals surface area (Å²) in [5, 5.41) is 2.79. The molecule has 2 aromatic carbocycles. The lowest BCUT2D eigenvalue weighted by molar-refractivity contribution is -0.121. The minimum atomic E-state index is -3.65. The molecule has 0 aliphatic heterocycles. The molecule has 0 unspecified atom stereocenters. The van der Waals surface area contributed by atoms with Crippen LogP contribution in [0.25, 0.3) is 0 Å². The Bertz CT molecular complexity index is 928. The molecule has 8 heteroatoms. The summed E-state index contributed by atoms with van der Waals surface area (Å²) in [6, 6.07) is 12.7. The van der Waals surface area contributed by atoms with E-state index in [-0.39, 0.29) is 23.8 Å². The highest BCUT2D eigenvalue weighted by Gasteiger charge is 2.17. The fourth-order valence-electron chi connectivity index (χ4n) is 2.65. The smallest absolute Gasteiger partial charge is 0.240 e. The van der Waals surface area contributed by atoms with E-state index in [2.05, 4.69) is 10.0 Å². The van der Waals surface area contributed by atoms with E-state index in [1.54, 1.807) is 26.2 Å². The average Bonchev–Trinajstić information content (AvgIpc) is 2.68. The van der Waals surface area contributed by atoms with Crippen LogP contribution in [-0.4, -0.2) is 41.2 Å². The number of hydrogen-bond acceptors (Lipinski definition) is 5. The van der Waals surface area contributed by atoms with Crippen LogP contribution in [0.2, 0.25) is 0 Å². The quantitative estimate of drug-likeness (QED) is 0.544. The Hall–Kier alpha value is -2.42. The van der Waals surface area contributed by atoms with Gasteiger partial charge < -0.3 is 14.8 Å². The maximum atomic E-state index is 12.4. The zero-order valence-corrected chi connectivity index (χ0v) is 17.8. The Morgan fingerprint density at radius 2 is 1.86 bits per heavy atom. The van der Waals surface area contributed by atoms with Crippen LogP contribution in [0.5, 0.6) is 5.75 Å². The SMILES string of the molecule is COCCOc1cccc(CNC(=O)CCNS(=O)(=O)c2cc(C)ccc2C)c1. The van der Waals surface area contributed by atoms with E-state index in [4.69, 9.17) is 9.47 Å². The first kappa shape index (κ1) is 22.9. The molecule has 0 aliphatic carbocycles. The topological polar surface area (TPSA) is 93.7 Å². The van der Waals surface area contributed by atoms with Gasteiger partial charge >= 0.3 is 0 Å². The van der Waals surface area contributed by atoms with Gasteiger partial charge in [0.25, 0.3) is 0 Å². The summed E-state index contributed by atoms with van der Waals surface area (Å²) in [5.41, 5.74) is 2.42. The summed E-state index contributed by atoms with van der Waals surface area (Å²) in [4.78, 5) is 12.3. The van der Waals surface area contributed by atoms with Gasteiger partial charge in [-0.1, -0.05) is 24.3 Å². The van der Waals surface area contributed by atoms with Crippen molar-refractivity contribution >= 4 is 15.9 Å². The van der Waals surface area contributed by atoms with Gasteiger partial charge in [-0.05, 0) is 48.7 Å². The largest absolute Gasteiger partial charge is 0.491 e. The summed E-state index contributed by atoms with van der Waals surface area (Å²) >= 11 is 0. The standard InChI is InChI=1S/C21H28N2O5S/c1-16-7-8-17(2)20(13-16)29(25,26)23-10-9-21(24)22-15-18-5-4-6-19(14-18)28-12-11-27-3/h4-8,13-14,23H,9-12,15H2,1-3H3,(H,22,24). The predicted octanol–water partition coefficient (Wildman–Crippen LogP) is 2.31. The number of benzene rings is 2. The number of aryl methyl sites for hydroxylation is 2. The summed E-state index contributed by atoms with van der Waals surface area (Å²) in [6.07, 6.45) is 0.0497. The Kier molecular flexibility index (Phi) is 8.63. The van der Waals surface area contributed by atoms with Crippen molar-refractivity contribution in [1.82, 2.24) is 10.0 Å². The number of rotatable bonds is 11. The van der Waals surface area contributed by atoms with E-state index >= 15 is 0 Å². The van der Waals surface area contributed by atoms with Gasteiger partial charge in [-0.2, -0.15) is 0 Å². The van der Waals surface area contributed by atoms with E-state index in [1.165, 1.54) is 0 Å². The van der Waals surface area contributed by atoms with Gasteiger partial charge in [0.05, 0.1) is 11.5 Å². The van der Waals surface area contributed by atoms with Gasteiger partial charge in [0.1, 0.15) is 12.4 Å². The first-order valence-corrected chi connectivity index (χ1v) is 10.8. The van der Waals surface area contributed by atoms with E-state index in [1.807, 2.05) is 37.3 Å². The molecule has 0 radical (unpaired) electrons. The highest BCUT2D eigenvalue weighted by molar-refractivity contribution is 7.89. The van der Waals surface area contributed by atoms with Crippen molar-refractivity contribution in [3.05, 3.63) is 59.2 Å². The monoisotopic (exact) mass is 420 g/mol. The van der Waals surface area contributed by atoms with Crippen molar-refractivity contribution in [2.75, 3.05) is 26.9 Å². The maximum Gasteiger partial charge on any atom is 0.240 e. The number of carbonyl (C=O) groups is 1. The zero-order valence-electron chi connectivity index (χ0n) is 17.0. The van der Waals surface area contributed by atoms with E-state index in [0.717, 1.165) is 11.1 Å². The number of amides is 1. The molecule has 2 rings (SSSR count). The third-order valence-corrected chi connectivity index (χ3v) is 5.82. The van der Waals surface area contributed by atoms with Crippen molar-refractivity contribution in [1.29, 1.82) is 0 Å². The molecule has 0 aliphatic rings. The third kappa shape index (κ3) is 7.49. The Morgan fingerprint density at radius 3 is 2.62 bits per heavy atom. The lowest BCUT2D eigenvalue weighted by Gasteiger charge is -2.11. The fourth-order valence-corrected chi connectivity index (χ4v) is 4.01. The molecule has 1 amide bonds. The van der Waals surface area contributed by atoms with Crippen molar-refractivity contribution in [3.8, 4) is 5.75 Å². The molecule has 0 saturated carbocycles. The van der Waals surface area contributed by atoms with Gasteiger partial charge in [-0.15, -0.1) is 0 Å². The number of hydrogen-bond donors (Lipinski definition) is 2. The second-order valence-electron chi connectivity index (χ2n) is 6.68. The summed E-state index contributed by atoms with van der Waals surface area (Å²) in [7, 11) is -2.04. The highest BCUT2D eigenvalue weighted by atomic mass is 32.2. The molecule has 0 saturated heterocycles. The molecule has 2 aromatic rings. The molecule has 0 spiro atoms. The first-order chi connectivity index (χ1) is 13.8. The second-order valence-corrected chi connectivity index (χ2v) is 8.42. The molecule has 7 nitrogen and oxygen atoms in total. The number of ether oxygens (including phenoxy) is 2. The molecule has 0 heterocycles. The number of methoxy groups -OCH3 is 1. The molecule has 0 bridgehead atoms. The molecule has 29 heavy (non-hydrogen) atoms. The second kappa shape index (κ2) is 10.9. The van der Waals surface area contributed by atoms with Crippen molar-refractivity contribution < 1.29 is 22.7 Å². The minimum Gasteiger partial charge on any atom is -0.491 e. The molecule has 158 valence electrons. The minimum absolute atomic E-state index is 0.0295. The van der Waals surface area contributed by atoms with Gasteiger partial charge in [0.15, 0.2) is 0 Å². The fraction of sp³-hybridized carbons (Fsp3) is 0.381. The van der Waals surface area contributed by atoms with Crippen LogP contribution in [0, 0.1) is 13.8 Å². The number of carbonyl (C=O) groups excluding carboxylic acids is 1. The van der Waals surface area contributed by atoms with Crippen LogP contribution < -0.4 is 14.8 Å². The zero-order chi connectivity index (χ0) is 21.3. The molecular weight excluding hydrogens is 392 g/mol. The molecule has 0 aromatic heterocycles. The molecule has 0 fully saturated rings. The predicted molar refractivity (Wildman–Crippen MR) is 111 cm³/mol. The Balaban J connectivity index is 1.80. The highest BCUT2D eigenvalue weighted by Crippen LogP contribution is 2.16. The number of nitrogens with one attached hydrogen (secondary N) is 2. The normalized spacial score (nSPS) is 11.3. The lowest BCUT2D eigenvalue weighted by atomic mass is 10.2. The average molecular weight is 421 g/mol. The van der Waals surface area contributed by atoms with Gasteiger partial charge in [0, 0.05) is 26.6 Å². The molecule has 2 N–H and O–H groups in total. The third-order valence-electron chi connectivity index (χ3n) is 4.22. The van der Waals surface area contributed by atoms with Crippen LogP contribution in [0.1, 0.15) is 23.1 Å². The maximum absolute atomic E-state index is 12.4. The first-order valence-electron chi connectivity index (χ1n) is 9.36. The van der Waals surface area contributed by atoms with Crippen LogP contribution in [0.15, 0.2) is 47.4 Å². The summed E-state index contributed by atoms with van der Waals surface area (Å²) in [5.74, 6) is 0.467. The molecule has 0 atom stereocenters. The van der Waals surface area contributed by atoms with Crippen LogP contribution in [0.3, 0.4) is 0 Å². The van der Waals surface area contributed by atoms with E-state index in [9.17, 15) is 13.2 Å². The summed E-state index contributed by atoms with van der Waals surface area (Å²) < 4.78 is 37.9. The van der Waals surface area contributed by atoms with Crippen LogP contribution in [-0.2, 0) is 26.1 Å². The number of sulfonamides is 1. The molecular formula is C21H28N2O5S. The Labute approximate surface area is 172 Å². The van der Waals surface area contributed by atoms with E-state index in [0.29, 0.717) is 31.1 Å². The van der Waals surface area contributed by atoms with Gasteiger partial charge in [0.2, 0.25) is 15.9 Å². The van der Waals surface area contributed by atoms with Crippen LogP contribution in [0.4, 0.5) is 0 Å². The summed E-state index contributed by atoms with van der Waals surface area (Å²) in [6.45, 7) is 4.90. The van der Waals surface area contributed by atoms with Crippen molar-refractivity contribution in [2.24, 2.45) is 0 Å². The van der Waals surface area contributed by atoms with Crippen molar-refractivity contribution in [2.45, 2.75) is 31.7 Å². The van der Waals surface area contributed by atoms with Crippen molar-refractivity contribution in [3.63, 3.8) is 0 Å². The van der Waals surface area contributed by atoms with E-state index < -0.39 is 10.0 Å². The lowest BCUT2D eigenvalue weighted by Crippen LogP contribution is -2.31. The Morgan fingerprint density at radius 1 is 1.07 bits per heavy atom.